The van der Waals surface area contributed by atoms with Crippen LogP contribution in [0.1, 0.15) is 44.6 Å². The Balaban J connectivity index is 1.97. The zero-order valence-electron chi connectivity index (χ0n) is 11.1. The molecule has 1 saturated heterocycles. The molecule has 1 aromatic carbocycles. The SMILES string of the molecule is CC(C)c1ccccc1NC(=O)CC1CCCO1. The predicted molar refractivity (Wildman–Crippen MR) is 72.8 cm³/mol. The maximum atomic E-state index is 12.0. The summed E-state index contributed by atoms with van der Waals surface area (Å²) in [5.74, 6) is 0.458. The lowest BCUT2D eigenvalue weighted by molar-refractivity contribution is -0.118. The Morgan fingerprint density at radius 1 is 1.44 bits per heavy atom. The van der Waals surface area contributed by atoms with Crippen LogP contribution in [0.25, 0.3) is 0 Å². The fraction of sp³-hybridized carbons (Fsp3) is 0.533. The van der Waals surface area contributed by atoms with Crippen LogP contribution in [0.2, 0.25) is 0 Å². The van der Waals surface area contributed by atoms with Crippen molar-refractivity contribution in [1.29, 1.82) is 0 Å². The fourth-order valence-electron chi connectivity index (χ4n) is 2.33. The minimum absolute atomic E-state index is 0.0509. The van der Waals surface area contributed by atoms with E-state index >= 15 is 0 Å². The van der Waals surface area contributed by atoms with Crippen LogP contribution in [0, 0.1) is 0 Å². The summed E-state index contributed by atoms with van der Waals surface area (Å²) < 4.78 is 5.48. The van der Waals surface area contributed by atoms with E-state index in [0.717, 1.165) is 25.1 Å². The zero-order chi connectivity index (χ0) is 13.0. The Bertz CT molecular complexity index is 409. The molecule has 1 N–H and O–H groups in total. The molecule has 98 valence electrons. The molecule has 1 unspecified atom stereocenters. The van der Waals surface area contributed by atoms with E-state index in [1.807, 2.05) is 18.2 Å². The number of para-hydroxylation sites is 1. The van der Waals surface area contributed by atoms with E-state index in [0.29, 0.717) is 12.3 Å². The molecule has 18 heavy (non-hydrogen) atoms. The highest BCUT2D eigenvalue weighted by Gasteiger charge is 2.19. The first-order valence-electron chi connectivity index (χ1n) is 6.67. The number of benzene rings is 1. The summed E-state index contributed by atoms with van der Waals surface area (Å²) in [5, 5.41) is 3.00. The van der Waals surface area contributed by atoms with Crippen molar-refractivity contribution in [2.24, 2.45) is 0 Å². The normalized spacial score (nSPS) is 19.2. The number of carbonyl (C=O) groups is 1. The first-order valence-corrected chi connectivity index (χ1v) is 6.67. The van der Waals surface area contributed by atoms with Gasteiger partial charge in [-0.15, -0.1) is 0 Å². The number of amides is 1. The molecule has 0 aromatic heterocycles. The molecule has 3 heteroatoms. The third-order valence-corrected chi connectivity index (χ3v) is 3.29. The number of rotatable bonds is 4. The molecule has 0 radical (unpaired) electrons. The maximum absolute atomic E-state index is 12.0. The Kier molecular flexibility index (Phi) is 4.37. The van der Waals surface area contributed by atoms with E-state index < -0.39 is 0 Å². The van der Waals surface area contributed by atoms with Crippen molar-refractivity contribution < 1.29 is 9.53 Å². The topological polar surface area (TPSA) is 38.3 Å². The van der Waals surface area contributed by atoms with Gasteiger partial charge in [-0.1, -0.05) is 32.0 Å². The van der Waals surface area contributed by atoms with E-state index in [4.69, 9.17) is 4.74 Å². The smallest absolute Gasteiger partial charge is 0.226 e. The van der Waals surface area contributed by atoms with Crippen molar-refractivity contribution in [1.82, 2.24) is 0 Å². The van der Waals surface area contributed by atoms with E-state index in [2.05, 4.69) is 25.2 Å². The number of hydrogen-bond acceptors (Lipinski definition) is 2. The molecule has 1 heterocycles. The zero-order valence-corrected chi connectivity index (χ0v) is 11.1. The van der Waals surface area contributed by atoms with E-state index in [1.54, 1.807) is 0 Å². The van der Waals surface area contributed by atoms with Gasteiger partial charge in [-0.25, -0.2) is 0 Å². The van der Waals surface area contributed by atoms with Gasteiger partial charge in [0.25, 0.3) is 0 Å². The van der Waals surface area contributed by atoms with Crippen LogP contribution in [0.5, 0.6) is 0 Å². The summed E-state index contributed by atoms with van der Waals surface area (Å²) in [6, 6.07) is 7.98. The molecule has 0 bridgehead atoms. The molecule has 1 aliphatic heterocycles. The second-order valence-electron chi connectivity index (χ2n) is 5.13. The summed E-state index contributed by atoms with van der Waals surface area (Å²) in [4.78, 5) is 12.0. The quantitative estimate of drug-likeness (QED) is 0.886. The Labute approximate surface area is 109 Å². The highest BCUT2D eigenvalue weighted by molar-refractivity contribution is 5.91. The van der Waals surface area contributed by atoms with Crippen molar-refractivity contribution in [3.63, 3.8) is 0 Å². The average molecular weight is 247 g/mol. The number of hydrogen-bond donors (Lipinski definition) is 1. The van der Waals surface area contributed by atoms with Crippen molar-refractivity contribution in [2.45, 2.75) is 45.1 Å². The number of carbonyl (C=O) groups excluding carboxylic acids is 1. The van der Waals surface area contributed by atoms with Crippen LogP contribution in [0.3, 0.4) is 0 Å². The van der Waals surface area contributed by atoms with Gasteiger partial charge in [0.15, 0.2) is 0 Å². The molecule has 1 fully saturated rings. The largest absolute Gasteiger partial charge is 0.378 e. The van der Waals surface area contributed by atoms with E-state index in [9.17, 15) is 4.79 Å². The molecule has 1 aliphatic rings. The minimum Gasteiger partial charge on any atom is -0.378 e. The summed E-state index contributed by atoms with van der Waals surface area (Å²) in [7, 11) is 0. The molecule has 1 atom stereocenters. The average Bonchev–Trinajstić information content (AvgIpc) is 2.82. The van der Waals surface area contributed by atoms with Gasteiger partial charge in [0.1, 0.15) is 0 Å². The highest BCUT2D eigenvalue weighted by Crippen LogP contribution is 2.24. The van der Waals surface area contributed by atoms with Gasteiger partial charge in [0.05, 0.1) is 12.5 Å². The van der Waals surface area contributed by atoms with E-state index in [-0.39, 0.29) is 12.0 Å². The van der Waals surface area contributed by atoms with Gasteiger partial charge in [0, 0.05) is 12.3 Å². The molecular formula is C15H21NO2. The Morgan fingerprint density at radius 3 is 2.89 bits per heavy atom. The molecule has 2 rings (SSSR count). The van der Waals surface area contributed by atoms with Gasteiger partial charge in [-0.2, -0.15) is 0 Å². The van der Waals surface area contributed by atoms with Crippen molar-refractivity contribution >= 4 is 11.6 Å². The van der Waals surface area contributed by atoms with Crippen molar-refractivity contribution in [3.05, 3.63) is 29.8 Å². The van der Waals surface area contributed by atoms with Crippen molar-refractivity contribution in [2.75, 3.05) is 11.9 Å². The second kappa shape index (κ2) is 6.01. The molecular weight excluding hydrogens is 226 g/mol. The monoisotopic (exact) mass is 247 g/mol. The molecule has 0 saturated carbocycles. The van der Waals surface area contributed by atoms with Gasteiger partial charge in [-0.05, 0) is 30.4 Å². The van der Waals surface area contributed by atoms with Crippen LogP contribution in [-0.4, -0.2) is 18.6 Å². The van der Waals surface area contributed by atoms with Crippen LogP contribution in [0.15, 0.2) is 24.3 Å². The lowest BCUT2D eigenvalue weighted by atomic mass is 10.0. The minimum atomic E-state index is 0.0509. The molecule has 3 nitrogen and oxygen atoms in total. The third-order valence-electron chi connectivity index (χ3n) is 3.29. The Hall–Kier alpha value is -1.35. The first-order chi connectivity index (χ1) is 8.66. The number of ether oxygens (including phenoxy) is 1. The first kappa shape index (κ1) is 13.1. The van der Waals surface area contributed by atoms with Gasteiger partial charge in [-0.3, -0.25) is 4.79 Å². The van der Waals surface area contributed by atoms with Gasteiger partial charge in [0.2, 0.25) is 5.91 Å². The predicted octanol–water partition coefficient (Wildman–Crippen LogP) is 3.32. The molecule has 0 aliphatic carbocycles. The summed E-state index contributed by atoms with van der Waals surface area (Å²) in [6.07, 6.45) is 2.64. The van der Waals surface area contributed by atoms with Crippen LogP contribution in [0.4, 0.5) is 5.69 Å². The lowest BCUT2D eigenvalue weighted by Crippen LogP contribution is -2.20. The van der Waals surface area contributed by atoms with Gasteiger partial charge >= 0.3 is 0 Å². The lowest BCUT2D eigenvalue weighted by Gasteiger charge is -2.15. The van der Waals surface area contributed by atoms with E-state index in [1.165, 1.54) is 5.56 Å². The van der Waals surface area contributed by atoms with Gasteiger partial charge < -0.3 is 10.1 Å². The summed E-state index contributed by atoms with van der Waals surface area (Å²) >= 11 is 0. The molecule has 1 amide bonds. The number of nitrogens with one attached hydrogen (secondary N) is 1. The Morgan fingerprint density at radius 2 is 2.22 bits per heavy atom. The maximum Gasteiger partial charge on any atom is 0.226 e. The second-order valence-corrected chi connectivity index (χ2v) is 5.13. The van der Waals surface area contributed by atoms with Crippen LogP contribution >= 0.6 is 0 Å². The standard InChI is InChI=1S/C15H21NO2/c1-11(2)13-7-3-4-8-14(13)16-15(17)10-12-6-5-9-18-12/h3-4,7-8,11-12H,5-6,9-10H2,1-2H3,(H,16,17). The van der Waals surface area contributed by atoms with Crippen molar-refractivity contribution in [3.8, 4) is 0 Å². The summed E-state index contributed by atoms with van der Waals surface area (Å²) in [5.41, 5.74) is 2.11. The third kappa shape index (κ3) is 3.33. The highest BCUT2D eigenvalue weighted by atomic mass is 16.5. The fourth-order valence-corrected chi connectivity index (χ4v) is 2.33. The van der Waals surface area contributed by atoms with Crippen LogP contribution < -0.4 is 5.32 Å². The van der Waals surface area contributed by atoms with Crippen LogP contribution in [-0.2, 0) is 9.53 Å². The molecule has 0 spiro atoms. The summed E-state index contributed by atoms with van der Waals surface area (Å²) in [6.45, 7) is 5.05. The number of anilines is 1. The molecule has 1 aromatic rings.